The summed E-state index contributed by atoms with van der Waals surface area (Å²) in [6.45, 7) is 5.47. The van der Waals surface area contributed by atoms with Crippen molar-refractivity contribution in [3.05, 3.63) is 42.5 Å². The Labute approximate surface area is 137 Å². The SMILES string of the molecule is C=CCNS(=O)(=O)c1ccc(C(=O)N(C)C2CCNCC2)cc1. The summed E-state index contributed by atoms with van der Waals surface area (Å²) >= 11 is 0. The molecule has 1 aliphatic heterocycles. The van der Waals surface area contributed by atoms with Gasteiger partial charge in [0.15, 0.2) is 0 Å². The molecule has 0 aliphatic carbocycles. The van der Waals surface area contributed by atoms with E-state index < -0.39 is 10.0 Å². The van der Waals surface area contributed by atoms with Crippen molar-refractivity contribution in [1.29, 1.82) is 0 Å². The number of rotatable bonds is 6. The molecule has 7 heteroatoms. The van der Waals surface area contributed by atoms with Crippen molar-refractivity contribution in [2.45, 2.75) is 23.8 Å². The summed E-state index contributed by atoms with van der Waals surface area (Å²) in [5.41, 5.74) is 0.494. The fourth-order valence-corrected chi connectivity index (χ4v) is 3.59. The lowest BCUT2D eigenvalue weighted by atomic mass is 10.0. The first kappa shape index (κ1) is 17.7. The smallest absolute Gasteiger partial charge is 0.253 e. The van der Waals surface area contributed by atoms with Gasteiger partial charge < -0.3 is 10.2 Å². The minimum Gasteiger partial charge on any atom is -0.339 e. The van der Waals surface area contributed by atoms with Crippen molar-refractivity contribution in [2.24, 2.45) is 0 Å². The minimum absolute atomic E-state index is 0.0834. The summed E-state index contributed by atoms with van der Waals surface area (Å²) < 4.78 is 26.4. The fraction of sp³-hybridized carbons (Fsp3) is 0.438. The molecule has 1 aromatic rings. The summed E-state index contributed by atoms with van der Waals surface area (Å²) in [6, 6.07) is 6.25. The summed E-state index contributed by atoms with van der Waals surface area (Å²) in [4.78, 5) is 14.4. The molecule has 0 unspecified atom stereocenters. The first-order chi connectivity index (χ1) is 11.0. The highest BCUT2D eigenvalue weighted by Crippen LogP contribution is 2.16. The quantitative estimate of drug-likeness (QED) is 0.759. The van der Waals surface area contributed by atoms with Gasteiger partial charge in [0.25, 0.3) is 5.91 Å². The van der Waals surface area contributed by atoms with E-state index >= 15 is 0 Å². The Morgan fingerprint density at radius 1 is 1.35 bits per heavy atom. The van der Waals surface area contributed by atoms with Crippen LogP contribution in [0.2, 0.25) is 0 Å². The van der Waals surface area contributed by atoms with Gasteiger partial charge in [-0.1, -0.05) is 6.08 Å². The van der Waals surface area contributed by atoms with Crippen LogP contribution in [0.3, 0.4) is 0 Å². The molecule has 0 aromatic heterocycles. The zero-order valence-electron chi connectivity index (χ0n) is 13.3. The number of sulfonamides is 1. The monoisotopic (exact) mass is 337 g/mol. The number of carbonyl (C=O) groups excluding carboxylic acids is 1. The van der Waals surface area contributed by atoms with Gasteiger partial charge in [-0.25, -0.2) is 13.1 Å². The lowest BCUT2D eigenvalue weighted by molar-refractivity contribution is 0.0703. The average Bonchev–Trinajstić information content (AvgIpc) is 2.59. The third-order valence-corrected chi connectivity index (χ3v) is 5.45. The van der Waals surface area contributed by atoms with Gasteiger partial charge in [0.05, 0.1) is 4.90 Å². The maximum absolute atomic E-state index is 12.5. The summed E-state index contributed by atoms with van der Waals surface area (Å²) in [6.07, 6.45) is 3.34. The standard InChI is InChI=1S/C16H23N3O3S/c1-3-10-18-23(21,22)15-6-4-13(5-7-15)16(20)19(2)14-8-11-17-12-9-14/h3-7,14,17-18H,1,8-12H2,2H3. The molecule has 0 bridgehead atoms. The van der Waals surface area contributed by atoms with E-state index in [2.05, 4.69) is 16.6 Å². The average molecular weight is 337 g/mol. The topological polar surface area (TPSA) is 78.5 Å². The van der Waals surface area contributed by atoms with Crippen molar-refractivity contribution in [2.75, 3.05) is 26.7 Å². The number of hydrogen-bond donors (Lipinski definition) is 2. The van der Waals surface area contributed by atoms with Crippen molar-refractivity contribution in [1.82, 2.24) is 14.9 Å². The van der Waals surface area contributed by atoms with E-state index in [1.54, 1.807) is 24.1 Å². The van der Waals surface area contributed by atoms with Crippen molar-refractivity contribution in [3.63, 3.8) is 0 Å². The highest BCUT2D eigenvalue weighted by atomic mass is 32.2. The van der Waals surface area contributed by atoms with Gasteiger partial charge in [0.1, 0.15) is 0 Å². The van der Waals surface area contributed by atoms with Crippen LogP contribution in [0.4, 0.5) is 0 Å². The molecule has 1 saturated heterocycles. The van der Waals surface area contributed by atoms with Crippen LogP contribution < -0.4 is 10.0 Å². The first-order valence-electron chi connectivity index (χ1n) is 7.64. The van der Waals surface area contributed by atoms with Gasteiger partial charge in [-0.2, -0.15) is 0 Å². The van der Waals surface area contributed by atoms with Crippen LogP contribution in [0.1, 0.15) is 23.2 Å². The van der Waals surface area contributed by atoms with E-state index in [0.29, 0.717) is 5.56 Å². The lowest BCUT2D eigenvalue weighted by Crippen LogP contribution is -2.43. The number of nitrogens with one attached hydrogen (secondary N) is 2. The second-order valence-electron chi connectivity index (χ2n) is 5.56. The van der Waals surface area contributed by atoms with Gasteiger partial charge in [-0.3, -0.25) is 4.79 Å². The minimum atomic E-state index is -3.56. The van der Waals surface area contributed by atoms with Crippen LogP contribution in [0, 0.1) is 0 Å². The maximum atomic E-state index is 12.5. The van der Waals surface area contributed by atoms with Crippen LogP contribution in [-0.2, 0) is 10.0 Å². The van der Waals surface area contributed by atoms with Crippen molar-refractivity contribution >= 4 is 15.9 Å². The van der Waals surface area contributed by atoms with Crippen LogP contribution in [0.5, 0.6) is 0 Å². The highest BCUT2D eigenvalue weighted by molar-refractivity contribution is 7.89. The third kappa shape index (κ3) is 4.40. The van der Waals surface area contributed by atoms with E-state index in [9.17, 15) is 13.2 Å². The summed E-state index contributed by atoms with van der Waals surface area (Å²) in [5, 5.41) is 3.27. The zero-order chi connectivity index (χ0) is 16.9. The van der Waals surface area contributed by atoms with Gasteiger partial charge in [-0.15, -0.1) is 6.58 Å². The van der Waals surface area contributed by atoms with Gasteiger partial charge in [0.2, 0.25) is 10.0 Å². The molecule has 1 heterocycles. The highest BCUT2D eigenvalue weighted by Gasteiger charge is 2.23. The summed E-state index contributed by atoms with van der Waals surface area (Å²) in [5.74, 6) is -0.0834. The molecule has 1 aliphatic rings. The lowest BCUT2D eigenvalue weighted by Gasteiger charge is -2.31. The molecule has 0 spiro atoms. The van der Waals surface area contributed by atoms with E-state index in [4.69, 9.17) is 0 Å². The molecule has 126 valence electrons. The molecular formula is C16H23N3O3S. The number of piperidine rings is 1. The Morgan fingerprint density at radius 2 is 1.96 bits per heavy atom. The fourth-order valence-electron chi connectivity index (χ4n) is 2.59. The maximum Gasteiger partial charge on any atom is 0.253 e. The Morgan fingerprint density at radius 3 is 2.52 bits per heavy atom. The molecule has 2 N–H and O–H groups in total. The van der Waals surface area contributed by atoms with E-state index in [0.717, 1.165) is 25.9 Å². The van der Waals surface area contributed by atoms with Crippen LogP contribution in [-0.4, -0.2) is 51.9 Å². The van der Waals surface area contributed by atoms with Crippen LogP contribution >= 0.6 is 0 Å². The van der Waals surface area contributed by atoms with Crippen molar-refractivity contribution in [3.8, 4) is 0 Å². The second kappa shape index (κ2) is 7.72. The summed E-state index contributed by atoms with van der Waals surface area (Å²) in [7, 11) is -1.76. The molecule has 23 heavy (non-hydrogen) atoms. The number of benzene rings is 1. The number of nitrogens with zero attached hydrogens (tertiary/aromatic N) is 1. The largest absolute Gasteiger partial charge is 0.339 e. The molecular weight excluding hydrogens is 314 g/mol. The predicted octanol–water partition coefficient (Wildman–Crippen LogP) is 0.975. The Hall–Kier alpha value is -1.70. The Bertz CT molecular complexity index is 650. The Kier molecular flexibility index (Phi) is 5.92. The molecule has 2 rings (SSSR count). The molecule has 0 radical (unpaired) electrons. The van der Waals surface area contributed by atoms with Crippen LogP contribution in [0.25, 0.3) is 0 Å². The molecule has 1 aromatic carbocycles. The zero-order valence-corrected chi connectivity index (χ0v) is 14.1. The number of carbonyl (C=O) groups is 1. The van der Waals surface area contributed by atoms with Gasteiger partial charge >= 0.3 is 0 Å². The number of amides is 1. The second-order valence-corrected chi connectivity index (χ2v) is 7.33. The van der Waals surface area contributed by atoms with Gasteiger partial charge in [-0.05, 0) is 50.2 Å². The number of hydrogen-bond acceptors (Lipinski definition) is 4. The van der Waals surface area contributed by atoms with E-state index in [1.807, 2.05) is 0 Å². The molecule has 0 atom stereocenters. The third-order valence-electron chi connectivity index (χ3n) is 4.01. The van der Waals surface area contributed by atoms with Crippen LogP contribution in [0.15, 0.2) is 41.8 Å². The first-order valence-corrected chi connectivity index (χ1v) is 9.12. The normalized spacial score (nSPS) is 16.0. The predicted molar refractivity (Wildman–Crippen MR) is 89.8 cm³/mol. The molecule has 1 amide bonds. The van der Waals surface area contributed by atoms with E-state index in [-0.39, 0.29) is 23.4 Å². The van der Waals surface area contributed by atoms with Crippen molar-refractivity contribution < 1.29 is 13.2 Å². The molecule has 1 fully saturated rings. The molecule has 6 nitrogen and oxygen atoms in total. The van der Waals surface area contributed by atoms with Gasteiger partial charge in [0, 0.05) is 25.2 Å². The molecule has 0 saturated carbocycles. The van der Waals surface area contributed by atoms with E-state index in [1.165, 1.54) is 18.2 Å². The Balaban J connectivity index is 2.09.